The molecule has 0 saturated heterocycles. The molecule has 1 aromatic carbocycles. The highest BCUT2D eigenvalue weighted by Gasteiger charge is 2.13. The Labute approximate surface area is 137 Å². The number of halogens is 2. The standard InChI is InChI=1S/C17H17F2N3O2/c1-11-13(4-7-24-11)16-9-17(22(21-16)5-6-23)20-10-12-2-3-14(18)15(19)8-12/h2-4,7-9,20,23H,5-6,10H2,1H3. The van der Waals surface area contributed by atoms with Gasteiger partial charge in [0, 0.05) is 18.2 Å². The number of nitrogens with zero attached hydrogens (tertiary/aromatic N) is 2. The molecule has 0 radical (unpaired) electrons. The van der Waals surface area contributed by atoms with Crippen molar-refractivity contribution in [1.82, 2.24) is 9.78 Å². The molecule has 0 bridgehead atoms. The molecular weight excluding hydrogens is 316 g/mol. The fourth-order valence-electron chi connectivity index (χ4n) is 2.45. The van der Waals surface area contributed by atoms with Gasteiger partial charge in [0.2, 0.25) is 0 Å². The summed E-state index contributed by atoms with van der Waals surface area (Å²) in [5.74, 6) is -0.338. The van der Waals surface area contributed by atoms with Crippen LogP contribution in [0, 0.1) is 18.6 Å². The maximum atomic E-state index is 13.3. The predicted octanol–water partition coefficient (Wildman–Crippen LogP) is 3.33. The van der Waals surface area contributed by atoms with Crippen LogP contribution in [0.4, 0.5) is 14.6 Å². The summed E-state index contributed by atoms with van der Waals surface area (Å²) in [6.45, 7) is 2.40. The number of anilines is 1. The molecule has 0 amide bonds. The van der Waals surface area contributed by atoms with Gasteiger partial charge in [0.05, 0.1) is 25.1 Å². The Morgan fingerprint density at radius 3 is 2.71 bits per heavy atom. The smallest absolute Gasteiger partial charge is 0.159 e. The number of aliphatic hydroxyl groups is 1. The lowest BCUT2D eigenvalue weighted by Gasteiger charge is -2.09. The summed E-state index contributed by atoms with van der Waals surface area (Å²) >= 11 is 0. The SMILES string of the molecule is Cc1occc1-c1cc(NCc2ccc(F)c(F)c2)n(CCO)n1. The molecule has 2 heterocycles. The lowest BCUT2D eigenvalue weighted by molar-refractivity contribution is 0.270. The fourth-order valence-corrected chi connectivity index (χ4v) is 2.45. The van der Waals surface area contributed by atoms with Crippen LogP contribution < -0.4 is 5.32 Å². The van der Waals surface area contributed by atoms with Gasteiger partial charge < -0.3 is 14.8 Å². The van der Waals surface area contributed by atoms with Gasteiger partial charge in [-0.2, -0.15) is 5.10 Å². The topological polar surface area (TPSA) is 63.2 Å². The third-order valence-corrected chi connectivity index (χ3v) is 3.68. The molecule has 2 aromatic heterocycles. The van der Waals surface area contributed by atoms with Crippen molar-refractivity contribution in [3.63, 3.8) is 0 Å². The number of nitrogens with one attached hydrogen (secondary N) is 1. The van der Waals surface area contributed by atoms with Crippen LogP contribution in [0.25, 0.3) is 11.3 Å². The minimum Gasteiger partial charge on any atom is -0.469 e. The van der Waals surface area contributed by atoms with Crippen LogP contribution >= 0.6 is 0 Å². The Morgan fingerprint density at radius 2 is 2.04 bits per heavy atom. The van der Waals surface area contributed by atoms with Crippen LogP contribution in [-0.2, 0) is 13.1 Å². The quantitative estimate of drug-likeness (QED) is 0.726. The van der Waals surface area contributed by atoms with Crippen molar-refractivity contribution >= 4 is 5.82 Å². The summed E-state index contributed by atoms with van der Waals surface area (Å²) in [7, 11) is 0. The van der Waals surface area contributed by atoms with Crippen LogP contribution in [0.15, 0.2) is 41.0 Å². The summed E-state index contributed by atoms with van der Waals surface area (Å²) < 4.78 is 33.2. The van der Waals surface area contributed by atoms with Crippen molar-refractivity contribution in [3.8, 4) is 11.3 Å². The molecule has 0 fully saturated rings. The van der Waals surface area contributed by atoms with Crippen LogP contribution in [0.1, 0.15) is 11.3 Å². The largest absolute Gasteiger partial charge is 0.469 e. The Kier molecular flexibility index (Phi) is 4.61. The predicted molar refractivity (Wildman–Crippen MR) is 85.4 cm³/mol. The molecule has 0 unspecified atom stereocenters. The van der Waals surface area contributed by atoms with Crippen molar-refractivity contribution in [2.24, 2.45) is 0 Å². The minimum absolute atomic E-state index is 0.0641. The van der Waals surface area contributed by atoms with E-state index in [2.05, 4.69) is 10.4 Å². The Bertz CT molecular complexity index is 842. The summed E-state index contributed by atoms with van der Waals surface area (Å²) in [6, 6.07) is 7.40. The molecule has 0 aliphatic rings. The molecular formula is C17H17F2N3O2. The van der Waals surface area contributed by atoms with E-state index in [0.29, 0.717) is 30.2 Å². The lowest BCUT2D eigenvalue weighted by atomic mass is 10.2. The fraction of sp³-hybridized carbons (Fsp3) is 0.235. The molecule has 0 spiro atoms. The molecule has 0 saturated carbocycles. The second kappa shape index (κ2) is 6.84. The maximum Gasteiger partial charge on any atom is 0.159 e. The van der Waals surface area contributed by atoms with E-state index in [4.69, 9.17) is 4.42 Å². The molecule has 0 aliphatic carbocycles. The van der Waals surface area contributed by atoms with Gasteiger partial charge in [0.15, 0.2) is 11.6 Å². The number of rotatable bonds is 6. The zero-order chi connectivity index (χ0) is 17.1. The van der Waals surface area contributed by atoms with E-state index in [9.17, 15) is 13.9 Å². The van der Waals surface area contributed by atoms with Gasteiger partial charge in [-0.15, -0.1) is 0 Å². The third-order valence-electron chi connectivity index (χ3n) is 3.68. The van der Waals surface area contributed by atoms with Gasteiger partial charge >= 0.3 is 0 Å². The second-order valence-corrected chi connectivity index (χ2v) is 5.35. The van der Waals surface area contributed by atoms with Crippen LogP contribution in [-0.4, -0.2) is 21.5 Å². The summed E-state index contributed by atoms with van der Waals surface area (Å²) in [5.41, 5.74) is 2.18. The zero-order valence-electron chi connectivity index (χ0n) is 13.1. The van der Waals surface area contributed by atoms with E-state index in [-0.39, 0.29) is 6.61 Å². The Balaban J connectivity index is 1.82. The van der Waals surface area contributed by atoms with E-state index >= 15 is 0 Å². The molecule has 7 heteroatoms. The Hall–Kier alpha value is -2.67. The van der Waals surface area contributed by atoms with Crippen molar-refractivity contribution < 1.29 is 18.3 Å². The van der Waals surface area contributed by atoms with E-state index < -0.39 is 11.6 Å². The first kappa shape index (κ1) is 16.2. The number of hydrogen-bond donors (Lipinski definition) is 2. The van der Waals surface area contributed by atoms with E-state index in [1.807, 2.05) is 19.1 Å². The van der Waals surface area contributed by atoms with Gasteiger partial charge in [0.25, 0.3) is 0 Å². The van der Waals surface area contributed by atoms with Gasteiger partial charge in [-0.25, -0.2) is 13.5 Å². The van der Waals surface area contributed by atoms with Crippen molar-refractivity contribution in [3.05, 3.63) is 59.6 Å². The number of aryl methyl sites for hydroxylation is 1. The highest BCUT2D eigenvalue weighted by molar-refractivity contribution is 5.64. The molecule has 3 rings (SSSR count). The van der Waals surface area contributed by atoms with Crippen LogP contribution in [0.3, 0.4) is 0 Å². The zero-order valence-corrected chi connectivity index (χ0v) is 13.1. The van der Waals surface area contributed by atoms with Crippen LogP contribution in [0.5, 0.6) is 0 Å². The van der Waals surface area contributed by atoms with E-state index in [0.717, 1.165) is 23.5 Å². The Morgan fingerprint density at radius 1 is 1.21 bits per heavy atom. The summed E-state index contributed by atoms with van der Waals surface area (Å²) in [4.78, 5) is 0. The first-order chi connectivity index (χ1) is 11.6. The van der Waals surface area contributed by atoms with Gasteiger partial charge in [-0.05, 0) is 30.7 Å². The molecule has 0 aliphatic heterocycles. The van der Waals surface area contributed by atoms with Gasteiger partial charge in [-0.1, -0.05) is 6.07 Å². The third kappa shape index (κ3) is 3.30. The average Bonchev–Trinajstić information content (AvgIpc) is 3.15. The molecule has 5 nitrogen and oxygen atoms in total. The second-order valence-electron chi connectivity index (χ2n) is 5.35. The molecule has 2 N–H and O–H groups in total. The number of benzene rings is 1. The minimum atomic E-state index is -0.882. The van der Waals surface area contributed by atoms with E-state index in [1.165, 1.54) is 6.07 Å². The molecule has 24 heavy (non-hydrogen) atoms. The number of furan rings is 1. The van der Waals surface area contributed by atoms with Crippen molar-refractivity contribution in [1.29, 1.82) is 0 Å². The van der Waals surface area contributed by atoms with E-state index in [1.54, 1.807) is 10.9 Å². The van der Waals surface area contributed by atoms with Gasteiger partial charge in [-0.3, -0.25) is 0 Å². The molecule has 3 aromatic rings. The van der Waals surface area contributed by atoms with Gasteiger partial charge in [0.1, 0.15) is 11.6 Å². The monoisotopic (exact) mass is 333 g/mol. The number of aliphatic hydroxyl groups excluding tert-OH is 1. The number of hydrogen-bond acceptors (Lipinski definition) is 4. The first-order valence-corrected chi connectivity index (χ1v) is 7.49. The summed E-state index contributed by atoms with van der Waals surface area (Å²) in [5, 5.41) is 16.8. The maximum absolute atomic E-state index is 13.3. The highest BCUT2D eigenvalue weighted by Crippen LogP contribution is 2.26. The van der Waals surface area contributed by atoms with Crippen molar-refractivity contribution in [2.75, 3.05) is 11.9 Å². The highest BCUT2D eigenvalue weighted by atomic mass is 19.2. The molecule has 0 atom stereocenters. The normalized spacial score (nSPS) is 11.0. The first-order valence-electron chi connectivity index (χ1n) is 7.49. The lowest BCUT2D eigenvalue weighted by Crippen LogP contribution is -2.10. The van der Waals surface area contributed by atoms with Crippen molar-refractivity contribution in [2.45, 2.75) is 20.0 Å². The molecule has 126 valence electrons. The van der Waals surface area contributed by atoms with Crippen LogP contribution in [0.2, 0.25) is 0 Å². The summed E-state index contributed by atoms with van der Waals surface area (Å²) in [6.07, 6.45) is 1.59. The number of aromatic nitrogens is 2. The average molecular weight is 333 g/mol.